The SMILES string of the molecule is COc1ccc(C=NNC(=O)C(=NNc2cccc(Cl)c2)C(=O)NN=Cc2ccc(OC)c(OC)c2)cc1OC. The molecule has 0 unspecified atom stereocenters. The summed E-state index contributed by atoms with van der Waals surface area (Å²) in [6.45, 7) is 0. The summed E-state index contributed by atoms with van der Waals surface area (Å²) in [6, 6.07) is 16.7. The van der Waals surface area contributed by atoms with Crippen molar-refractivity contribution in [2.24, 2.45) is 15.3 Å². The summed E-state index contributed by atoms with van der Waals surface area (Å²) in [7, 11) is 6.05. The molecule has 0 bridgehead atoms. The van der Waals surface area contributed by atoms with Gasteiger partial charge in [0.2, 0.25) is 5.71 Å². The molecular weight excluding hydrogens is 540 g/mol. The van der Waals surface area contributed by atoms with E-state index >= 15 is 0 Å². The van der Waals surface area contributed by atoms with Gasteiger partial charge in [0.25, 0.3) is 11.8 Å². The molecule has 0 fully saturated rings. The van der Waals surface area contributed by atoms with Crippen molar-refractivity contribution in [1.29, 1.82) is 0 Å². The lowest BCUT2D eigenvalue weighted by Gasteiger charge is -2.08. The van der Waals surface area contributed by atoms with E-state index in [9.17, 15) is 9.59 Å². The Morgan fingerprint density at radius 1 is 0.700 bits per heavy atom. The van der Waals surface area contributed by atoms with Crippen LogP contribution in [0.1, 0.15) is 11.1 Å². The van der Waals surface area contributed by atoms with E-state index in [1.165, 1.54) is 40.9 Å². The van der Waals surface area contributed by atoms with Crippen LogP contribution in [0.25, 0.3) is 0 Å². The van der Waals surface area contributed by atoms with Crippen LogP contribution in [0.15, 0.2) is 76.0 Å². The topological polar surface area (TPSA) is 144 Å². The maximum atomic E-state index is 12.9. The molecule has 0 aliphatic rings. The fraction of sp³-hybridized carbons (Fsp3) is 0.148. The van der Waals surface area contributed by atoms with Gasteiger partial charge in [0.15, 0.2) is 23.0 Å². The molecule has 0 spiro atoms. The van der Waals surface area contributed by atoms with E-state index in [2.05, 4.69) is 31.6 Å². The number of halogens is 1. The van der Waals surface area contributed by atoms with Crippen LogP contribution < -0.4 is 35.2 Å². The Kier molecular flexibility index (Phi) is 10.9. The molecule has 208 valence electrons. The number of hydrazone groups is 3. The lowest BCUT2D eigenvalue weighted by Crippen LogP contribution is -2.39. The minimum atomic E-state index is -0.898. The van der Waals surface area contributed by atoms with Crippen molar-refractivity contribution < 1.29 is 28.5 Å². The summed E-state index contributed by atoms with van der Waals surface area (Å²) in [5.74, 6) is 0.246. The minimum absolute atomic E-state index is 0.440. The average Bonchev–Trinajstić information content (AvgIpc) is 2.97. The van der Waals surface area contributed by atoms with Crippen LogP contribution in [0, 0.1) is 0 Å². The molecule has 3 rings (SSSR count). The third-order valence-electron chi connectivity index (χ3n) is 5.13. The molecule has 0 aromatic heterocycles. The van der Waals surface area contributed by atoms with E-state index in [0.29, 0.717) is 44.8 Å². The fourth-order valence-electron chi connectivity index (χ4n) is 3.19. The number of benzene rings is 3. The number of carbonyl (C=O) groups is 2. The van der Waals surface area contributed by atoms with Crippen LogP contribution in [0.5, 0.6) is 23.0 Å². The number of methoxy groups -OCH3 is 4. The lowest BCUT2D eigenvalue weighted by atomic mass is 10.2. The molecule has 40 heavy (non-hydrogen) atoms. The highest BCUT2D eigenvalue weighted by Crippen LogP contribution is 2.27. The molecule has 2 amide bonds. The quantitative estimate of drug-likeness (QED) is 0.173. The Bertz CT molecular complexity index is 1360. The van der Waals surface area contributed by atoms with Crippen molar-refractivity contribution >= 4 is 47.2 Å². The molecule has 12 nitrogen and oxygen atoms in total. The van der Waals surface area contributed by atoms with Crippen LogP contribution >= 0.6 is 11.6 Å². The maximum Gasteiger partial charge on any atom is 0.297 e. The zero-order valence-electron chi connectivity index (χ0n) is 22.1. The number of rotatable bonds is 12. The van der Waals surface area contributed by atoms with Crippen molar-refractivity contribution in [1.82, 2.24) is 10.9 Å². The Labute approximate surface area is 235 Å². The third-order valence-corrected chi connectivity index (χ3v) is 5.36. The van der Waals surface area contributed by atoms with Gasteiger partial charge >= 0.3 is 0 Å². The van der Waals surface area contributed by atoms with Gasteiger partial charge in [-0.1, -0.05) is 17.7 Å². The van der Waals surface area contributed by atoms with Crippen molar-refractivity contribution in [3.05, 3.63) is 76.8 Å². The monoisotopic (exact) mass is 566 g/mol. The number of hydrogen-bond donors (Lipinski definition) is 3. The Morgan fingerprint density at radius 3 is 1.65 bits per heavy atom. The predicted octanol–water partition coefficient (Wildman–Crippen LogP) is 3.44. The summed E-state index contributed by atoms with van der Waals surface area (Å²) in [5.41, 5.74) is 8.32. The lowest BCUT2D eigenvalue weighted by molar-refractivity contribution is -0.118. The molecule has 3 aromatic carbocycles. The van der Waals surface area contributed by atoms with Crippen molar-refractivity contribution in [2.45, 2.75) is 0 Å². The van der Waals surface area contributed by atoms with Gasteiger partial charge in [-0.05, 0) is 65.7 Å². The normalized spacial score (nSPS) is 10.6. The van der Waals surface area contributed by atoms with E-state index in [-0.39, 0.29) is 0 Å². The molecule has 0 heterocycles. The molecule has 13 heteroatoms. The van der Waals surface area contributed by atoms with Gasteiger partial charge < -0.3 is 18.9 Å². The second kappa shape index (κ2) is 14.7. The summed E-state index contributed by atoms with van der Waals surface area (Å²) < 4.78 is 20.9. The second-order valence-corrected chi connectivity index (χ2v) is 8.15. The fourth-order valence-corrected chi connectivity index (χ4v) is 3.38. The minimum Gasteiger partial charge on any atom is -0.493 e. The van der Waals surface area contributed by atoms with Gasteiger partial charge in [-0.25, -0.2) is 10.9 Å². The maximum absolute atomic E-state index is 12.9. The highest BCUT2D eigenvalue weighted by atomic mass is 35.5. The van der Waals surface area contributed by atoms with E-state index in [1.807, 2.05) is 0 Å². The molecular formula is C27H27ClN6O6. The van der Waals surface area contributed by atoms with Gasteiger partial charge in [-0.2, -0.15) is 15.3 Å². The van der Waals surface area contributed by atoms with E-state index < -0.39 is 17.5 Å². The molecule has 0 aliphatic carbocycles. The highest BCUT2D eigenvalue weighted by Gasteiger charge is 2.20. The summed E-state index contributed by atoms with van der Waals surface area (Å²) >= 11 is 6.00. The molecule has 0 saturated heterocycles. The molecule has 0 saturated carbocycles. The molecule has 0 atom stereocenters. The average molecular weight is 567 g/mol. The largest absolute Gasteiger partial charge is 0.493 e. The van der Waals surface area contributed by atoms with Crippen LogP contribution in [-0.4, -0.2) is 58.4 Å². The van der Waals surface area contributed by atoms with E-state index in [1.54, 1.807) is 60.7 Å². The number of ether oxygens (including phenoxy) is 4. The number of anilines is 1. The summed E-state index contributed by atoms with van der Waals surface area (Å²) in [4.78, 5) is 25.7. The van der Waals surface area contributed by atoms with Crippen molar-refractivity contribution in [2.75, 3.05) is 33.9 Å². The van der Waals surface area contributed by atoms with Crippen LogP contribution in [0.3, 0.4) is 0 Å². The van der Waals surface area contributed by atoms with Crippen molar-refractivity contribution in [3.63, 3.8) is 0 Å². The van der Waals surface area contributed by atoms with Gasteiger partial charge in [0.05, 0.1) is 46.6 Å². The first-order valence-corrected chi connectivity index (χ1v) is 12.0. The van der Waals surface area contributed by atoms with Gasteiger partial charge in [-0.3, -0.25) is 15.0 Å². The smallest absolute Gasteiger partial charge is 0.297 e. The number of hydrogen-bond acceptors (Lipinski definition) is 10. The standard InChI is InChI=1S/C27H27ClN6O6/c1-37-21-10-8-17(12-23(21)39-3)15-29-33-26(35)25(32-31-20-7-5-6-19(28)14-20)27(36)34-30-16-18-9-11-22(38-2)24(13-18)40-4/h5-16,31H,1-4H3,(H,33,35)(H,34,36). The number of nitrogens with one attached hydrogen (secondary N) is 3. The molecule has 3 N–H and O–H groups in total. The highest BCUT2D eigenvalue weighted by molar-refractivity contribution is 6.65. The Balaban J connectivity index is 1.76. The van der Waals surface area contributed by atoms with Gasteiger partial charge in [0.1, 0.15) is 0 Å². The van der Waals surface area contributed by atoms with Gasteiger partial charge in [0, 0.05) is 5.02 Å². The number of amides is 2. The Hall–Kier alpha value is -5.10. The number of carbonyl (C=O) groups excluding carboxylic acids is 2. The van der Waals surface area contributed by atoms with Crippen molar-refractivity contribution in [3.8, 4) is 23.0 Å². The first-order chi connectivity index (χ1) is 19.4. The second-order valence-electron chi connectivity index (χ2n) is 7.71. The van der Waals surface area contributed by atoms with E-state index in [4.69, 9.17) is 30.5 Å². The van der Waals surface area contributed by atoms with Crippen LogP contribution in [0.2, 0.25) is 5.02 Å². The summed E-state index contributed by atoms with van der Waals surface area (Å²) in [6.07, 6.45) is 2.74. The Morgan fingerprint density at radius 2 is 1.20 bits per heavy atom. The van der Waals surface area contributed by atoms with Crippen LogP contribution in [0.4, 0.5) is 5.69 Å². The zero-order valence-corrected chi connectivity index (χ0v) is 22.9. The molecule has 0 aliphatic heterocycles. The molecule has 0 radical (unpaired) electrons. The first-order valence-electron chi connectivity index (χ1n) is 11.6. The third kappa shape index (κ3) is 8.20. The van der Waals surface area contributed by atoms with E-state index in [0.717, 1.165) is 0 Å². The van der Waals surface area contributed by atoms with Crippen LogP contribution in [-0.2, 0) is 9.59 Å². The predicted molar refractivity (Wildman–Crippen MR) is 153 cm³/mol. The molecule has 3 aromatic rings. The number of nitrogens with zero attached hydrogens (tertiary/aromatic N) is 3. The first kappa shape index (κ1) is 29.5. The zero-order chi connectivity index (χ0) is 28.9. The summed E-state index contributed by atoms with van der Waals surface area (Å²) in [5, 5.41) is 12.2. The van der Waals surface area contributed by atoms with Gasteiger partial charge in [-0.15, -0.1) is 0 Å².